The van der Waals surface area contributed by atoms with Gasteiger partial charge in [-0.05, 0) is 67.8 Å². The Hall–Kier alpha value is -2.87. The fourth-order valence-electron chi connectivity index (χ4n) is 3.20. The maximum atomic E-state index is 12.1. The Bertz CT molecular complexity index is 1010. The van der Waals surface area contributed by atoms with E-state index in [9.17, 15) is 18.0 Å². The minimum atomic E-state index is -3.34. The molecule has 8 heteroatoms. The standard InChI is InChI=1S/C21H24N2O5S/c1-15-13-17(23-11-3-4-12-23)7-10-19(15)22-20(24)14-28-21(25)16-5-8-18(9-6-16)29(2,26)27/h5-10,13H,3-4,11-12,14H2,1-2H3,(H,22,24). The molecule has 2 aromatic rings. The largest absolute Gasteiger partial charge is 0.452 e. The molecule has 0 atom stereocenters. The number of hydrogen-bond donors (Lipinski definition) is 1. The number of ether oxygens (including phenoxy) is 1. The summed E-state index contributed by atoms with van der Waals surface area (Å²) in [5.74, 6) is -1.13. The molecule has 1 heterocycles. The summed E-state index contributed by atoms with van der Waals surface area (Å²) in [5.41, 5.74) is 2.93. The normalized spacial score (nSPS) is 13.9. The molecule has 7 nitrogen and oxygen atoms in total. The monoisotopic (exact) mass is 416 g/mol. The predicted molar refractivity (Wildman–Crippen MR) is 111 cm³/mol. The lowest BCUT2D eigenvalue weighted by Crippen LogP contribution is -2.22. The molecule has 3 rings (SSSR count). The van der Waals surface area contributed by atoms with Crippen molar-refractivity contribution in [1.82, 2.24) is 0 Å². The summed E-state index contributed by atoms with van der Waals surface area (Å²) in [6, 6.07) is 11.2. The van der Waals surface area contributed by atoms with Gasteiger partial charge in [-0.25, -0.2) is 13.2 Å². The van der Waals surface area contributed by atoms with Gasteiger partial charge in [0.05, 0.1) is 10.5 Å². The van der Waals surface area contributed by atoms with Crippen molar-refractivity contribution in [2.24, 2.45) is 0 Å². The van der Waals surface area contributed by atoms with Crippen LogP contribution < -0.4 is 10.2 Å². The Morgan fingerprint density at radius 2 is 1.72 bits per heavy atom. The topological polar surface area (TPSA) is 92.8 Å². The van der Waals surface area contributed by atoms with Crippen molar-refractivity contribution >= 4 is 33.1 Å². The predicted octanol–water partition coefficient (Wildman–Crippen LogP) is 2.79. The molecule has 0 aliphatic carbocycles. The minimum absolute atomic E-state index is 0.111. The number of rotatable bonds is 6. The van der Waals surface area contributed by atoms with E-state index < -0.39 is 28.3 Å². The molecule has 0 radical (unpaired) electrons. The van der Waals surface area contributed by atoms with E-state index in [1.807, 2.05) is 25.1 Å². The van der Waals surface area contributed by atoms with E-state index in [4.69, 9.17) is 4.74 Å². The summed E-state index contributed by atoms with van der Waals surface area (Å²) in [6.45, 7) is 3.59. The first kappa shape index (κ1) is 20.9. The molecule has 0 saturated carbocycles. The van der Waals surface area contributed by atoms with Gasteiger partial charge >= 0.3 is 5.97 Å². The summed E-state index contributed by atoms with van der Waals surface area (Å²) in [7, 11) is -3.34. The first-order chi connectivity index (χ1) is 13.7. The summed E-state index contributed by atoms with van der Waals surface area (Å²) in [6.07, 6.45) is 3.48. The van der Waals surface area contributed by atoms with E-state index in [-0.39, 0.29) is 10.5 Å². The van der Waals surface area contributed by atoms with E-state index in [0.717, 1.165) is 30.6 Å². The van der Waals surface area contributed by atoms with Crippen LogP contribution in [0.5, 0.6) is 0 Å². The quantitative estimate of drug-likeness (QED) is 0.728. The third-order valence-corrected chi connectivity index (χ3v) is 5.94. The average molecular weight is 416 g/mol. The van der Waals surface area contributed by atoms with Gasteiger partial charge in [0.2, 0.25) is 0 Å². The van der Waals surface area contributed by atoms with Gasteiger partial charge in [0.15, 0.2) is 16.4 Å². The molecule has 0 bridgehead atoms. The Balaban J connectivity index is 1.55. The second-order valence-electron chi connectivity index (χ2n) is 7.11. The van der Waals surface area contributed by atoms with Gasteiger partial charge in [0.25, 0.3) is 5.91 Å². The van der Waals surface area contributed by atoms with E-state index in [1.165, 1.54) is 37.1 Å². The summed E-state index contributed by atoms with van der Waals surface area (Å²) in [4.78, 5) is 26.6. The van der Waals surface area contributed by atoms with Crippen LogP contribution in [0.1, 0.15) is 28.8 Å². The van der Waals surface area contributed by atoms with Crippen LogP contribution in [0, 0.1) is 6.92 Å². The van der Waals surface area contributed by atoms with Gasteiger partial charge in [0, 0.05) is 30.7 Å². The highest BCUT2D eigenvalue weighted by atomic mass is 32.2. The zero-order chi connectivity index (χ0) is 21.0. The summed E-state index contributed by atoms with van der Waals surface area (Å²) >= 11 is 0. The first-order valence-corrected chi connectivity index (χ1v) is 11.3. The molecule has 1 saturated heterocycles. The lowest BCUT2D eigenvalue weighted by molar-refractivity contribution is -0.119. The average Bonchev–Trinajstić information content (AvgIpc) is 3.22. The highest BCUT2D eigenvalue weighted by molar-refractivity contribution is 7.90. The number of aryl methyl sites for hydroxylation is 1. The van der Waals surface area contributed by atoms with E-state index in [0.29, 0.717) is 5.69 Å². The fourth-order valence-corrected chi connectivity index (χ4v) is 3.83. The van der Waals surface area contributed by atoms with Crippen molar-refractivity contribution in [2.45, 2.75) is 24.7 Å². The molecule has 0 unspecified atom stereocenters. The molecular weight excluding hydrogens is 392 g/mol. The zero-order valence-corrected chi connectivity index (χ0v) is 17.3. The third-order valence-electron chi connectivity index (χ3n) is 4.81. The van der Waals surface area contributed by atoms with Crippen molar-refractivity contribution in [2.75, 3.05) is 36.2 Å². The number of carbonyl (C=O) groups excluding carboxylic acids is 2. The number of anilines is 2. The molecule has 0 aromatic heterocycles. The van der Waals surface area contributed by atoms with Gasteiger partial charge in [0.1, 0.15) is 0 Å². The fraction of sp³-hybridized carbons (Fsp3) is 0.333. The highest BCUT2D eigenvalue weighted by Gasteiger charge is 2.15. The van der Waals surface area contributed by atoms with Crippen molar-refractivity contribution in [3.8, 4) is 0 Å². The molecule has 1 aliphatic rings. The van der Waals surface area contributed by atoms with Crippen molar-refractivity contribution in [1.29, 1.82) is 0 Å². The molecule has 0 spiro atoms. The Labute approximate surface area is 170 Å². The van der Waals surface area contributed by atoms with Gasteiger partial charge in [-0.3, -0.25) is 4.79 Å². The van der Waals surface area contributed by atoms with Crippen LogP contribution in [-0.2, 0) is 19.4 Å². The SMILES string of the molecule is Cc1cc(N2CCCC2)ccc1NC(=O)COC(=O)c1ccc(S(C)(=O)=O)cc1. The first-order valence-electron chi connectivity index (χ1n) is 9.37. The van der Waals surface area contributed by atoms with E-state index in [1.54, 1.807) is 0 Å². The van der Waals surface area contributed by atoms with Crippen LogP contribution in [0.15, 0.2) is 47.4 Å². The highest BCUT2D eigenvalue weighted by Crippen LogP contribution is 2.25. The number of sulfone groups is 1. The van der Waals surface area contributed by atoms with Crippen LogP contribution in [0.4, 0.5) is 11.4 Å². The number of amides is 1. The number of nitrogens with one attached hydrogen (secondary N) is 1. The Morgan fingerprint density at radius 1 is 1.07 bits per heavy atom. The number of hydrogen-bond acceptors (Lipinski definition) is 6. The lowest BCUT2D eigenvalue weighted by atomic mass is 10.1. The molecular formula is C21H24N2O5S. The van der Waals surface area contributed by atoms with Crippen LogP contribution in [0.2, 0.25) is 0 Å². The van der Waals surface area contributed by atoms with Gasteiger partial charge in [-0.2, -0.15) is 0 Å². The maximum Gasteiger partial charge on any atom is 0.338 e. The molecule has 1 N–H and O–H groups in total. The van der Waals surface area contributed by atoms with Gasteiger partial charge < -0.3 is 15.0 Å². The second kappa shape index (κ2) is 8.65. The Morgan fingerprint density at radius 3 is 2.31 bits per heavy atom. The van der Waals surface area contributed by atoms with Crippen molar-refractivity contribution in [3.05, 3.63) is 53.6 Å². The summed E-state index contributed by atoms with van der Waals surface area (Å²) in [5, 5.41) is 2.75. The Kier molecular flexibility index (Phi) is 6.22. The van der Waals surface area contributed by atoms with E-state index >= 15 is 0 Å². The molecule has 1 fully saturated rings. The smallest absolute Gasteiger partial charge is 0.338 e. The number of benzene rings is 2. The number of carbonyl (C=O) groups is 2. The van der Waals surface area contributed by atoms with Crippen molar-refractivity contribution in [3.63, 3.8) is 0 Å². The van der Waals surface area contributed by atoms with Crippen LogP contribution in [0.25, 0.3) is 0 Å². The molecule has 2 aromatic carbocycles. The van der Waals surface area contributed by atoms with Crippen LogP contribution >= 0.6 is 0 Å². The molecule has 1 aliphatic heterocycles. The van der Waals surface area contributed by atoms with Crippen molar-refractivity contribution < 1.29 is 22.7 Å². The molecule has 29 heavy (non-hydrogen) atoms. The van der Waals surface area contributed by atoms with Gasteiger partial charge in [-0.15, -0.1) is 0 Å². The summed E-state index contributed by atoms with van der Waals surface area (Å²) < 4.78 is 27.9. The molecule has 154 valence electrons. The second-order valence-corrected chi connectivity index (χ2v) is 9.13. The van der Waals surface area contributed by atoms with Gasteiger partial charge in [-0.1, -0.05) is 0 Å². The van der Waals surface area contributed by atoms with Crippen LogP contribution in [-0.4, -0.2) is 46.2 Å². The lowest BCUT2D eigenvalue weighted by Gasteiger charge is -2.19. The minimum Gasteiger partial charge on any atom is -0.452 e. The zero-order valence-electron chi connectivity index (χ0n) is 16.5. The molecule has 1 amide bonds. The number of nitrogens with zero attached hydrogens (tertiary/aromatic N) is 1. The van der Waals surface area contributed by atoms with Crippen LogP contribution in [0.3, 0.4) is 0 Å². The maximum absolute atomic E-state index is 12.1. The van der Waals surface area contributed by atoms with E-state index in [2.05, 4.69) is 10.2 Å². The number of esters is 1. The third kappa shape index (κ3) is 5.35.